The fourth-order valence-corrected chi connectivity index (χ4v) is 2.35. The van der Waals surface area contributed by atoms with Gasteiger partial charge in [-0.05, 0) is 25.0 Å². The van der Waals surface area contributed by atoms with Crippen molar-refractivity contribution < 1.29 is 9.53 Å². The van der Waals surface area contributed by atoms with Crippen LogP contribution in [0, 0.1) is 0 Å². The van der Waals surface area contributed by atoms with Crippen LogP contribution < -0.4 is 10.5 Å². The molecule has 0 aromatic heterocycles. The second kappa shape index (κ2) is 5.76. The van der Waals surface area contributed by atoms with Gasteiger partial charge in [0.05, 0.1) is 0 Å². The zero-order valence-corrected chi connectivity index (χ0v) is 10.8. The van der Waals surface area contributed by atoms with Gasteiger partial charge in [-0.2, -0.15) is 0 Å². The average Bonchev–Trinajstić information content (AvgIpc) is 2.89. The predicted molar refractivity (Wildman–Crippen MR) is 71.4 cm³/mol. The summed E-state index contributed by atoms with van der Waals surface area (Å²) in [7, 11) is 1.86. The molecule has 0 bridgehead atoms. The third-order valence-electron chi connectivity index (χ3n) is 3.49. The summed E-state index contributed by atoms with van der Waals surface area (Å²) in [6.45, 7) is 0.0798. The summed E-state index contributed by atoms with van der Waals surface area (Å²) >= 11 is 0. The number of likely N-dealkylation sites (N-methyl/N-ethyl adjacent to an activating group) is 1. The molecule has 1 saturated carbocycles. The first-order chi connectivity index (χ1) is 8.66. The molecule has 0 spiro atoms. The Kier molecular flexibility index (Phi) is 4.07. The Bertz CT molecular complexity index is 414. The van der Waals surface area contributed by atoms with E-state index in [0.29, 0.717) is 17.5 Å². The third-order valence-corrected chi connectivity index (χ3v) is 3.49. The van der Waals surface area contributed by atoms with Crippen LogP contribution in [0.4, 0.5) is 5.69 Å². The number of carbonyl (C=O) groups excluding carboxylic acids is 1. The molecule has 0 radical (unpaired) electrons. The lowest BCUT2D eigenvalue weighted by atomic mass is 10.2. The van der Waals surface area contributed by atoms with Gasteiger partial charge in [0, 0.05) is 24.8 Å². The number of anilines is 1. The van der Waals surface area contributed by atoms with E-state index in [1.54, 1.807) is 18.2 Å². The first-order valence-corrected chi connectivity index (χ1v) is 6.41. The lowest BCUT2D eigenvalue weighted by Gasteiger charge is -2.24. The summed E-state index contributed by atoms with van der Waals surface area (Å²) in [4.78, 5) is 13.8. The van der Waals surface area contributed by atoms with Crippen molar-refractivity contribution in [3.05, 3.63) is 24.3 Å². The van der Waals surface area contributed by atoms with E-state index < -0.39 is 0 Å². The molecule has 1 fully saturated rings. The molecule has 0 aliphatic heterocycles. The van der Waals surface area contributed by atoms with Crippen molar-refractivity contribution in [1.29, 1.82) is 0 Å². The standard InChI is InChI=1S/C14H20N2O2/c1-16(12-6-2-3-7-12)14(17)10-18-13-8-4-5-11(15)9-13/h4-5,8-9,12H,2-3,6-7,10,15H2,1H3. The van der Waals surface area contributed by atoms with Gasteiger partial charge >= 0.3 is 0 Å². The maximum absolute atomic E-state index is 12.0. The lowest BCUT2D eigenvalue weighted by Crippen LogP contribution is -2.38. The van der Waals surface area contributed by atoms with Crippen LogP contribution in [0.3, 0.4) is 0 Å². The van der Waals surface area contributed by atoms with E-state index in [0.717, 1.165) is 12.8 Å². The largest absolute Gasteiger partial charge is 0.484 e. The van der Waals surface area contributed by atoms with E-state index in [-0.39, 0.29) is 12.5 Å². The number of amides is 1. The Morgan fingerprint density at radius 1 is 1.44 bits per heavy atom. The number of ether oxygens (including phenoxy) is 1. The van der Waals surface area contributed by atoms with Gasteiger partial charge in [0.25, 0.3) is 5.91 Å². The van der Waals surface area contributed by atoms with E-state index in [1.165, 1.54) is 12.8 Å². The van der Waals surface area contributed by atoms with Gasteiger partial charge in [0.2, 0.25) is 0 Å². The van der Waals surface area contributed by atoms with Gasteiger partial charge in [-0.1, -0.05) is 18.9 Å². The topological polar surface area (TPSA) is 55.6 Å². The highest BCUT2D eigenvalue weighted by atomic mass is 16.5. The fourth-order valence-electron chi connectivity index (χ4n) is 2.35. The van der Waals surface area contributed by atoms with E-state index >= 15 is 0 Å². The summed E-state index contributed by atoms with van der Waals surface area (Å²) < 4.78 is 5.46. The molecule has 0 saturated heterocycles. The van der Waals surface area contributed by atoms with Crippen LogP contribution in [0.2, 0.25) is 0 Å². The second-order valence-corrected chi connectivity index (χ2v) is 4.80. The summed E-state index contributed by atoms with van der Waals surface area (Å²) in [6.07, 6.45) is 4.66. The molecule has 98 valence electrons. The molecule has 1 aliphatic carbocycles. The smallest absolute Gasteiger partial charge is 0.260 e. The zero-order valence-electron chi connectivity index (χ0n) is 10.8. The minimum atomic E-state index is 0.0318. The van der Waals surface area contributed by atoms with Crippen molar-refractivity contribution >= 4 is 11.6 Å². The predicted octanol–water partition coefficient (Wildman–Crippen LogP) is 2.05. The van der Waals surface area contributed by atoms with E-state index in [9.17, 15) is 4.79 Å². The lowest BCUT2D eigenvalue weighted by molar-refractivity contribution is -0.134. The monoisotopic (exact) mass is 248 g/mol. The highest BCUT2D eigenvalue weighted by molar-refractivity contribution is 5.77. The van der Waals surface area contributed by atoms with Crippen molar-refractivity contribution in [3.63, 3.8) is 0 Å². The van der Waals surface area contributed by atoms with Crippen LogP contribution in [0.25, 0.3) is 0 Å². The van der Waals surface area contributed by atoms with Gasteiger partial charge < -0.3 is 15.4 Å². The molecule has 0 unspecified atom stereocenters. The molecule has 0 heterocycles. The number of nitrogens with two attached hydrogens (primary N) is 1. The van der Waals surface area contributed by atoms with E-state index in [1.807, 2.05) is 18.0 Å². The van der Waals surface area contributed by atoms with Gasteiger partial charge in [-0.25, -0.2) is 0 Å². The highest BCUT2D eigenvalue weighted by Gasteiger charge is 2.23. The molecule has 1 aliphatic rings. The maximum atomic E-state index is 12.0. The van der Waals surface area contributed by atoms with Gasteiger partial charge in [0.15, 0.2) is 6.61 Å². The van der Waals surface area contributed by atoms with Crippen LogP contribution >= 0.6 is 0 Å². The zero-order chi connectivity index (χ0) is 13.0. The number of benzene rings is 1. The Morgan fingerprint density at radius 3 is 2.83 bits per heavy atom. The van der Waals surface area contributed by atoms with Crippen LogP contribution in [0.15, 0.2) is 24.3 Å². The van der Waals surface area contributed by atoms with Crippen LogP contribution in [0.1, 0.15) is 25.7 Å². The molecule has 1 aromatic carbocycles. The van der Waals surface area contributed by atoms with Gasteiger partial charge in [-0.3, -0.25) is 4.79 Å². The summed E-state index contributed by atoms with van der Waals surface area (Å²) in [5.41, 5.74) is 6.29. The number of nitrogens with zero attached hydrogens (tertiary/aromatic N) is 1. The Balaban J connectivity index is 1.84. The molecular weight excluding hydrogens is 228 g/mol. The van der Waals surface area contributed by atoms with Crippen molar-refractivity contribution in [3.8, 4) is 5.75 Å². The van der Waals surface area contributed by atoms with Crippen LogP contribution in [-0.2, 0) is 4.79 Å². The Hall–Kier alpha value is -1.71. The van der Waals surface area contributed by atoms with Crippen molar-refractivity contribution in [1.82, 2.24) is 4.90 Å². The molecule has 4 nitrogen and oxygen atoms in total. The third kappa shape index (κ3) is 3.15. The first-order valence-electron chi connectivity index (χ1n) is 6.41. The number of rotatable bonds is 4. The molecule has 18 heavy (non-hydrogen) atoms. The maximum Gasteiger partial charge on any atom is 0.260 e. The molecule has 1 aromatic rings. The van der Waals surface area contributed by atoms with Gasteiger partial charge in [-0.15, -0.1) is 0 Å². The molecule has 2 N–H and O–H groups in total. The van der Waals surface area contributed by atoms with Crippen LogP contribution in [0.5, 0.6) is 5.75 Å². The first kappa shape index (κ1) is 12.7. The Labute approximate surface area is 108 Å². The number of carbonyl (C=O) groups is 1. The summed E-state index contributed by atoms with van der Waals surface area (Å²) in [5.74, 6) is 0.674. The SMILES string of the molecule is CN(C(=O)COc1cccc(N)c1)C1CCCC1. The minimum absolute atomic E-state index is 0.0318. The number of hydrogen-bond donors (Lipinski definition) is 1. The molecular formula is C14H20N2O2. The average molecular weight is 248 g/mol. The van der Waals surface area contributed by atoms with Crippen molar-refractivity contribution in [2.45, 2.75) is 31.7 Å². The molecule has 1 amide bonds. The Morgan fingerprint density at radius 2 is 2.17 bits per heavy atom. The summed E-state index contributed by atoms with van der Waals surface area (Å²) in [5, 5.41) is 0. The molecule has 0 atom stereocenters. The number of hydrogen-bond acceptors (Lipinski definition) is 3. The highest BCUT2D eigenvalue weighted by Crippen LogP contribution is 2.22. The minimum Gasteiger partial charge on any atom is -0.484 e. The normalized spacial score (nSPS) is 15.6. The van der Waals surface area contributed by atoms with Crippen LogP contribution in [-0.4, -0.2) is 30.5 Å². The molecule has 4 heteroatoms. The van der Waals surface area contributed by atoms with Crippen molar-refractivity contribution in [2.24, 2.45) is 0 Å². The second-order valence-electron chi connectivity index (χ2n) is 4.80. The van der Waals surface area contributed by atoms with Crippen molar-refractivity contribution in [2.75, 3.05) is 19.4 Å². The van der Waals surface area contributed by atoms with Gasteiger partial charge in [0.1, 0.15) is 5.75 Å². The van der Waals surface area contributed by atoms with E-state index in [4.69, 9.17) is 10.5 Å². The summed E-state index contributed by atoms with van der Waals surface area (Å²) in [6, 6.07) is 7.53. The molecule has 2 rings (SSSR count). The fraction of sp³-hybridized carbons (Fsp3) is 0.500. The quantitative estimate of drug-likeness (QED) is 0.830. The van der Waals surface area contributed by atoms with E-state index in [2.05, 4.69) is 0 Å². The number of nitrogen functional groups attached to an aromatic ring is 1.